The zero-order valence-electron chi connectivity index (χ0n) is 16.5. The second-order valence-corrected chi connectivity index (χ2v) is 9.44. The molecule has 1 aromatic rings. The van der Waals surface area contributed by atoms with Crippen molar-refractivity contribution in [2.45, 2.75) is 51.2 Å². The van der Waals surface area contributed by atoms with Crippen LogP contribution in [0.4, 0.5) is 0 Å². The molecule has 6 heteroatoms. The van der Waals surface area contributed by atoms with E-state index in [1.807, 2.05) is 0 Å². The first-order chi connectivity index (χ1) is 13.7. The number of rotatable bonds is 4. The Morgan fingerprint density at radius 1 is 1.32 bits per heavy atom. The fraction of sp³-hybridized carbons (Fsp3) is 0.682. The van der Waals surface area contributed by atoms with E-state index in [0.717, 1.165) is 64.2 Å². The molecule has 3 aliphatic heterocycles. The number of thiophene rings is 1. The standard InChI is InChI=1S/C22H30N2O3S/c25-11-1-3-18-13-20(28-16-18)15-23-9-7-22(8-10-23)6-5-21(26)24(17-22)14-19-4-2-12-27-19/h13,16,19,25H,2,4-12,14-15,17H2/t19-/m1/s1. The van der Waals surface area contributed by atoms with Crippen LogP contribution in [0.3, 0.4) is 0 Å². The lowest BCUT2D eigenvalue weighted by Gasteiger charge is -2.47. The SMILES string of the molecule is O=C1CCC2(CCN(Cc3cc(C#CCO)cs3)CC2)CN1C[C@H]1CCCO1. The molecular formula is C22H30N2O3S. The lowest BCUT2D eigenvalue weighted by Crippen LogP contribution is -2.52. The Morgan fingerprint density at radius 2 is 2.18 bits per heavy atom. The maximum Gasteiger partial charge on any atom is 0.222 e. The number of ether oxygens (including phenoxy) is 1. The summed E-state index contributed by atoms with van der Waals surface area (Å²) < 4.78 is 5.77. The number of nitrogens with zero attached hydrogens (tertiary/aromatic N) is 2. The molecule has 0 saturated carbocycles. The van der Waals surface area contributed by atoms with Gasteiger partial charge in [-0.05, 0) is 56.7 Å². The molecule has 3 fully saturated rings. The van der Waals surface area contributed by atoms with E-state index in [1.165, 1.54) is 17.7 Å². The summed E-state index contributed by atoms with van der Waals surface area (Å²) in [7, 11) is 0. The van der Waals surface area contributed by atoms with Crippen LogP contribution in [0, 0.1) is 17.3 Å². The van der Waals surface area contributed by atoms with Gasteiger partial charge in [-0.15, -0.1) is 11.3 Å². The van der Waals surface area contributed by atoms with Crippen molar-refractivity contribution in [2.24, 2.45) is 5.41 Å². The predicted molar refractivity (Wildman–Crippen MR) is 110 cm³/mol. The van der Waals surface area contributed by atoms with Crippen LogP contribution in [-0.2, 0) is 16.1 Å². The number of carbonyl (C=O) groups excluding carboxylic acids is 1. The molecule has 1 N–H and O–H groups in total. The summed E-state index contributed by atoms with van der Waals surface area (Å²) in [4.78, 5) is 18.4. The minimum atomic E-state index is -0.0915. The molecule has 28 heavy (non-hydrogen) atoms. The fourth-order valence-corrected chi connectivity index (χ4v) is 5.64. The minimum Gasteiger partial charge on any atom is -0.384 e. The van der Waals surface area contributed by atoms with Gasteiger partial charge in [0.25, 0.3) is 0 Å². The topological polar surface area (TPSA) is 53.0 Å². The molecule has 5 nitrogen and oxygen atoms in total. The van der Waals surface area contributed by atoms with E-state index in [0.29, 0.717) is 17.7 Å². The van der Waals surface area contributed by atoms with Crippen molar-refractivity contribution in [3.8, 4) is 11.8 Å². The first kappa shape index (κ1) is 19.9. The maximum atomic E-state index is 12.4. The van der Waals surface area contributed by atoms with Gasteiger partial charge in [0.05, 0.1) is 6.10 Å². The van der Waals surface area contributed by atoms with Crippen molar-refractivity contribution < 1.29 is 14.6 Å². The Bertz CT molecular complexity index is 736. The van der Waals surface area contributed by atoms with Crippen LogP contribution in [0.1, 0.15) is 49.0 Å². The van der Waals surface area contributed by atoms with Gasteiger partial charge in [0, 0.05) is 48.5 Å². The average Bonchev–Trinajstić information content (AvgIpc) is 3.37. The average molecular weight is 403 g/mol. The predicted octanol–water partition coefficient (Wildman–Crippen LogP) is 2.48. The van der Waals surface area contributed by atoms with Gasteiger partial charge in [0.1, 0.15) is 6.61 Å². The van der Waals surface area contributed by atoms with Gasteiger partial charge < -0.3 is 14.7 Å². The first-order valence-corrected chi connectivity index (χ1v) is 11.3. The Labute approximate surface area is 171 Å². The fourth-order valence-electron chi connectivity index (χ4n) is 4.79. The third kappa shape index (κ3) is 4.77. The number of hydrogen-bond donors (Lipinski definition) is 1. The second-order valence-electron chi connectivity index (χ2n) is 8.45. The molecule has 3 aliphatic rings. The van der Waals surface area contributed by atoms with Crippen LogP contribution >= 0.6 is 11.3 Å². The zero-order chi connectivity index (χ0) is 19.4. The molecule has 0 bridgehead atoms. The number of aliphatic hydroxyl groups is 1. The summed E-state index contributed by atoms with van der Waals surface area (Å²) in [5.41, 5.74) is 1.30. The van der Waals surface area contributed by atoms with Crippen molar-refractivity contribution in [2.75, 3.05) is 39.4 Å². The third-order valence-electron chi connectivity index (χ3n) is 6.46. The summed E-state index contributed by atoms with van der Waals surface area (Å²) in [6, 6.07) is 2.14. The Morgan fingerprint density at radius 3 is 2.93 bits per heavy atom. The molecule has 1 atom stereocenters. The lowest BCUT2D eigenvalue weighted by atomic mass is 9.72. The number of aliphatic hydroxyl groups excluding tert-OH is 1. The smallest absolute Gasteiger partial charge is 0.222 e. The largest absolute Gasteiger partial charge is 0.384 e. The highest BCUT2D eigenvalue weighted by Crippen LogP contribution is 2.41. The van der Waals surface area contributed by atoms with Gasteiger partial charge in [-0.2, -0.15) is 0 Å². The Hall–Kier alpha value is -1.39. The number of amides is 1. The van der Waals surface area contributed by atoms with E-state index in [9.17, 15) is 4.79 Å². The second kappa shape index (κ2) is 8.96. The first-order valence-electron chi connectivity index (χ1n) is 10.4. The third-order valence-corrected chi connectivity index (χ3v) is 7.38. The lowest BCUT2D eigenvalue weighted by molar-refractivity contribution is -0.141. The normalized spacial score (nSPS) is 25.1. The highest BCUT2D eigenvalue weighted by atomic mass is 32.1. The zero-order valence-corrected chi connectivity index (χ0v) is 17.3. The van der Waals surface area contributed by atoms with Gasteiger partial charge in [0.2, 0.25) is 5.91 Å². The number of likely N-dealkylation sites (tertiary alicyclic amines) is 2. The van der Waals surface area contributed by atoms with E-state index >= 15 is 0 Å². The minimum absolute atomic E-state index is 0.0915. The van der Waals surface area contributed by atoms with Crippen molar-refractivity contribution in [3.63, 3.8) is 0 Å². The molecule has 0 radical (unpaired) electrons. The molecule has 152 valence electrons. The number of carbonyl (C=O) groups is 1. The van der Waals surface area contributed by atoms with E-state index in [-0.39, 0.29) is 12.7 Å². The maximum absolute atomic E-state index is 12.4. The highest BCUT2D eigenvalue weighted by molar-refractivity contribution is 7.10. The molecule has 1 aromatic heterocycles. The van der Waals surface area contributed by atoms with Crippen molar-refractivity contribution in [1.29, 1.82) is 0 Å². The van der Waals surface area contributed by atoms with Crippen LogP contribution < -0.4 is 0 Å². The highest BCUT2D eigenvalue weighted by Gasteiger charge is 2.41. The van der Waals surface area contributed by atoms with E-state index < -0.39 is 0 Å². The van der Waals surface area contributed by atoms with Gasteiger partial charge >= 0.3 is 0 Å². The monoisotopic (exact) mass is 402 g/mol. The van der Waals surface area contributed by atoms with Gasteiger partial charge in [-0.3, -0.25) is 9.69 Å². The van der Waals surface area contributed by atoms with Crippen molar-refractivity contribution in [1.82, 2.24) is 9.80 Å². The molecule has 0 aromatic carbocycles. The van der Waals surface area contributed by atoms with Gasteiger partial charge in [-0.1, -0.05) is 11.8 Å². The summed E-state index contributed by atoms with van der Waals surface area (Å²) in [5, 5.41) is 10.9. The molecule has 0 unspecified atom stereocenters. The van der Waals surface area contributed by atoms with Crippen LogP contribution in [-0.4, -0.2) is 66.3 Å². The quantitative estimate of drug-likeness (QED) is 0.786. The van der Waals surface area contributed by atoms with E-state index in [1.54, 1.807) is 11.3 Å². The molecular weight excluding hydrogens is 372 g/mol. The Kier molecular flexibility index (Phi) is 6.37. The molecule has 4 heterocycles. The molecule has 4 rings (SSSR count). The number of hydrogen-bond acceptors (Lipinski definition) is 5. The summed E-state index contributed by atoms with van der Waals surface area (Å²) >= 11 is 1.75. The summed E-state index contributed by atoms with van der Waals surface area (Å²) in [5.74, 6) is 6.01. The summed E-state index contributed by atoms with van der Waals surface area (Å²) in [6.07, 6.45) is 6.56. The molecule has 0 aliphatic carbocycles. The number of piperidine rings is 2. The van der Waals surface area contributed by atoms with Gasteiger partial charge in [-0.25, -0.2) is 0 Å². The van der Waals surface area contributed by atoms with Crippen LogP contribution in [0.2, 0.25) is 0 Å². The molecule has 1 amide bonds. The van der Waals surface area contributed by atoms with Crippen LogP contribution in [0.15, 0.2) is 11.4 Å². The van der Waals surface area contributed by atoms with Crippen molar-refractivity contribution >= 4 is 17.2 Å². The van der Waals surface area contributed by atoms with E-state index in [4.69, 9.17) is 9.84 Å². The molecule has 1 spiro atoms. The summed E-state index contributed by atoms with van der Waals surface area (Å²) in [6.45, 7) is 5.63. The van der Waals surface area contributed by atoms with Gasteiger partial charge in [0.15, 0.2) is 0 Å². The van der Waals surface area contributed by atoms with Crippen molar-refractivity contribution in [3.05, 3.63) is 21.9 Å². The van der Waals surface area contributed by atoms with Crippen LogP contribution in [0.25, 0.3) is 0 Å². The molecule has 3 saturated heterocycles. The van der Waals surface area contributed by atoms with Crippen LogP contribution in [0.5, 0.6) is 0 Å². The van der Waals surface area contributed by atoms with E-state index in [2.05, 4.69) is 33.1 Å². The Balaban J connectivity index is 1.30.